The maximum absolute atomic E-state index is 11.1. The van der Waals surface area contributed by atoms with Crippen LogP contribution in [0.1, 0.15) is 10.4 Å². The molecule has 0 atom stereocenters. The third-order valence-corrected chi connectivity index (χ3v) is 2.53. The van der Waals surface area contributed by atoms with E-state index >= 15 is 0 Å². The van der Waals surface area contributed by atoms with Gasteiger partial charge in [-0.15, -0.1) is 0 Å². The molecule has 2 aromatic carbocycles. The Kier molecular flexibility index (Phi) is 3.56. The number of carbonyl (C=O) groups is 1. The third-order valence-electron chi connectivity index (χ3n) is 2.53. The van der Waals surface area contributed by atoms with E-state index in [4.69, 9.17) is 20.9 Å². The summed E-state index contributed by atoms with van der Waals surface area (Å²) in [5.74, 6) is 0.982. The van der Waals surface area contributed by atoms with E-state index in [1.54, 1.807) is 36.4 Å². The van der Waals surface area contributed by atoms with Gasteiger partial charge in [0.1, 0.15) is 5.75 Å². The summed E-state index contributed by atoms with van der Waals surface area (Å²) in [6.45, 7) is 0. The van der Waals surface area contributed by atoms with Crippen molar-refractivity contribution in [2.75, 3.05) is 12.8 Å². The molecule has 0 fully saturated rings. The van der Waals surface area contributed by atoms with Crippen molar-refractivity contribution in [1.29, 1.82) is 0 Å². The zero-order valence-corrected chi connectivity index (χ0v) is 10.4. The fourth-order valence-electron chi connectivity index (χ4n) is 1.61. The van der Waals surface area contributed by atoms with Crippen molar-refractivity contribution in [3.05, 3.63) is 48.0 Å². The van der Waals surface area contributed by atoms with Gasteiger partial charge in [-0.05, 0) is 30.3 Å². The first-order chi connectivity index (χ1) is 9.10. The SMILES string of the molecule is COc1cc(C(N)=O)ccc1Oc1cccc(N)c1. The molecular weight excluding hydrogens is 244 g/mol. The molecule has 0 spiro atoms. The Balaban J connectivity index is 2.32. The molecule has 0 unspecified atom stereocenters. The monoisotopic (exact) mass is 258 g/mol. The summed E-state index contributed by atoms with van der Waals surface area (Å²) in [5.41, 5.74) is 11.8. The normalized spacial score (nSPS) is 9.95. The number of carbonyl (C=O) groups excluding carboxylic acids is 1. The Morgan fingerprint density at radius 3 is 2.53 bits per heavy atom. The predicted molar refractivity (Wildman–Crippen MR) is 72.4 cm³/mol. The number of amides is 1. The van der Waals surface area contributed by atoms with Crippen molar-refractivity contribution in [2.45, 2.75) is 0 Å². The second kappa shape index (κ2) is 5.30. The standard InChI is InChI=1S/C14H14N2O3/c1-18-13-7-9(14(16)17)5-6-12(13)19-11-4-2-3-10(15)8-11/h2-8H,15H2,1H3,(H2,16,17). The molecule has 0 heterocycles. The average Bonchev–Trinajstić information content (AvgIpc) is 2.39. The van der Waals surface area contributed by atoms with Crippen LogP contribution in [0.25, 0.3) is 0 Å². The molecule has 2 rings (SSSR count). The van der Waals surface area contributed by atoms with Gasteiger partial charge in [-0.3, -0.25) is 4.79 Å². The smallest absolute Gasteiger partial charge is 0.248 e. The number of nitrogens with two attached hydrogens (primary N) is 2. The third kappa shape index (κ3) is 2.95. The van der Waals surface area contributed by atoms with Crippen LogP contribution in [0.5, 0.6) is 17.2 Å². The molecule has 98 valence electrons. The molecule has 4 N–H and O–H groups in total. The molecule has 0 aromatic heterocycles. The van der Waals surface area contributed by atoms with Crippen LogP contribution in [0, 0.1) is 0 Å². The molecule has 0 aliphatic rings. The van der Waals surface area contributed by atoms with Crippen molar-refractivity contribution in [3.63, 3.8) is 0 Å². The second-order valence-electron chi connectivity index (χ2n) is 3.90. The molecule has 19 heavy (non-hydrogen) atoms. The van der Waals surface area contributed by atoms with Gasteiger partial charge in [0.2, 0.25) is 5.91 Å². The Hall–Kier alpha value is -2.69. The van der Waals surface area contributed by atoms with Gasteiger partial charge in [0.25, 0.3) is 0 Å². The molecule has 0 saturated carbocycles. The van der Waals surface area contributed by atoms with E-state index in [9.17, 15) is 4.79 Å². The fraction of sp³-hybridized carbons (Fsp3) is 0.0714. The fourth-order valence-corrected chi connectivity index (χ4v) is 1.61. The number of methoxy groups -OCH3 is 1. The van der Waals surface area contributed by atoms with Crippen molar-refractivity contribution in [2.24, 2.45) is 5.73 Å². The lowest BCUT2D eigenvalue weighted by Crippen LogP contribution is -2.10. The van der Waals surface area contributed by atoms with Gasteiger partial charge in [-0.2, -0.15) is 0 Å². The minimum Gasteiger partial charge on any atom is -0.493 e. The summed E-state index contributed by atoms with van der Waals surface area (Å²) in [4.78, 5) is 11.1. The summed E-state index contributed by atoms with van der Waals surface area (Å²) < 4.78 is 10.8. The number of anilines is 1. The van der Waals surface area contributed by atoms with Crippen LogP contribution >= 0.6 is 0 Å². The number of nitrogen functional groups attached to an aromatic ring is 1. The van der Waals surface area contributed by atoms with Crippen LogP contribution in [0.3, 0.4) is 0 Å². The maximum atomic E-state index is 11.1. The summed E-state index contributed by atoms with van der Waals surface area (Å²) >= 11 is 0. The zero-order chi connectivity index (χ0) is 13.8. The van der Waals surface area contributed by atoms with Gasteiger partial charge in [0, 0.05) is 17.3 Å². The highest BCUT2D eigenvalue weighted by Crippen LogP contribution is 2.32. The van der Waals surface area contributed by atoms with Gasteiger partial charge < -0.3 is 20.9 Å². The Morgan fingerprint density at radius 1 is 1.11 bits per heavy atom. The van der Waals surface area contributed by atoms with Gasteiger partial charge in [0.15, 0.2) is 11.5 Å². The molecule has 0 aliphatic heterocycles. The molecular formula is C14H14N2O3. The van der Waals surface area contributed by atoms with Crippen LogP contribution in [-0.4, -0.2) is 13.0 Å². The van der Waals surface area contributed by atoms with Crippen molar-refractivity contribution >= 4 is 11.6 Å². The first-order valence-corrected chi connectivity index (χ1v) is 5.61. The zero-order valence-electron chi connectivity index (χ0n) is 10.4. The number of hydrogen-bond acceptors (Lipinski definition) is 4. The van der Waals surface area contributed by atoms with Gasteiger partial charge in [0.05, 0.1) is 7.11 Å². The van der Waals surface area contributed by atoms with E-state index < -0.39 is 5.91 Å². The van der Waals surface area contributed by atoms with Crippen LogP contribution in [-0.2, 0) is 0 Å². The first-order valence-electron chi connectivity index (χ1n) is 5.61. The predicted octanol–water partition coefficient (Wildman–Crippen LogP) is 2.17. The number of primary amides is 1. The Labute approximate surface area is 110 Å². The molecule has 5 heteroatoms. The van der Waals surface area contributed by atoms with Crippen molar-refractivity contribution in [1.82, 2.24) is 0 Å². The Morgan fingerprint density at radius 2 is 1.89 bits per heavy atom. The topological polar surface area (TPSA) is 87.6 Å². The number of ether oxygens (including phenoxy) is 2. The van der Waals surface area contributed by atoms with Crippen molar-refractivity contribution in [3.8, 4) is 17.2 Å². The molecule has 2 aromatic rings. The van der Waals surface area contributed by atoms with Crippen LogP contribution in [0.2, 0.25) is 0 Å². The lowest BCUT2D eigenvalue weighted by molar-refractivity contribution is 0.1000. The highest BCUT2D eigenvalue weighted by molar-refractivity contribution is 5.93. The van der Waals surface area contributed by atoms with E-state index in [0.717, 1.165) is 0 Å². The first kappa shape index (κ1) is 12.8. The second-order valence-corrected chi connectivity index (χ2v) is 3.90. The van der Waals surface area contributed by atoms with E-state index in [1.165, 1.54) is 13.2 Å². The van der Waals surface area contributed by atoms with Gasteiger partial charge in [-0.1, -0.05) is 6.07 Å². The Bertz CT molecular complexity index is 611. The maximum Gasteiger partial charge on any atom is 0.248 e. The lowest BCUT2D eigenvalue weighted by Gasteiger charge is -2.11. The minimum absolute atomic E-state index is 0.358. The average molecular weight is 258 g/mol. The largest absolute Gasteiger partial charge is 0.493 e. The highest BCUT2D eigenvalue weighted by Gasteiger charge is 2.09. The number of rotatable bonds is 4. The van der Waals surface area contributed by atoms with E-state index in [2.05, 4.69) is 0 Å². The van der Waals surface area contributed by atoms with Gasteiger partial charge in [-0.25, -0.2) is 0 Å². The summed E-state index contributed by atoms with van der Waals surface area (Å²) in [6.07, 6.45) is 0. The van der Waals surface area contributed by atoms with Crippen LogP contribution < -0.4 is 20.9 Å². The molecule has 0 bridgehead atoms. The summed E-state index contributed by atoms with van der Waals surface area (Å²) in [5, 5.41) is 0. The van der Waals surface area contributed by atoms with Crippen LogP contribution in [0.4, 0.5) is 5.69 Å². The molecule has 5 nitrogen and oxygen atoms in total. The molecule has 1 amide bonds. The van der Waals surface area contributed by atoms with Gasteiger partial charge >= 0.3 is 0 Å². The molecule has 0 saturated heterocycles. The summed E-state index contributed by atoms with van der Waals surface area (Å²) in [6, 6.07) is 11.8. The molecule has 0 radical (unpaired) electrons. The molecule has 0 aliphatic carbocycles. The summed E-state index contributed by atoms with van der Waals surface area (Å²) in [7, 11) is 1.49. The van der Waals surface area contributed by atoms with Crippen LogP contribution in [0.15, 0.2) is 42.5 Å². The van der Waals surface area contributed by atoms with Crippen molar-refractivity contribution < 1.29 is 14.3 Å². The number of hydrogen-bond donors (Lipinski definition) is 2. The van der Waals surface area contributed by atoms with E-state index in [1.807, 2.05) is 0 Å². The lowest BCUT2D eigenvalue weighted by atomic mass is 10.2. The minimum atomic E-state index is -0.520. The van der Waals surface area contributed by atoms with E-state index in [0.29, 0.717) is 28.5 Å². The highest BCUT2D eigenvalue weighted by atomic mass is 16.5. The number of benzene rings is 2. The quantitative estimate of drug-likeness (QED) is 0.823. The van der Waals surface area contributed by atoms with E-state index in [-0.39, 0.29) is 0 Å².